The number of methoxy groups -OCH3 is 3. The summed E-state index contributed by atoms with van der Waals surface area (Å²) in [5.41, 5.74) is 2.79. The highest BCUT2D eigenvalue weighted by Gasteiger charge is 2.19. The zero-order valence-corrected chi connectivity index (χ0v) is 14.1. The molecule has 0 saturated carbocycles. The van der Waals surface area contributed by atoms with Crippen molar-refractivity contribution >= 4 is 22.4 Å². The van der Waals surface area contributed by atoms with Crippen molar-refractivity contribution in [2.24, 2.45) is 0 Å². The van der Waals surface area contributed by atoms with E-state index < -0.39 is 0 Å². The molecule has 3 rings (SSSR count). The van der Waals surface area contributed by atoms with Gasteiger partial charge in [0, 0.05) is 5.69 Å². The third-order valence-electron chi connectivity index (χ3n) is 3.75. The number of ether oxygens (including phenoxy) is 3. The summed E-state index contributed by atoms with van der Waals surface area (Å²) < 4.78 is 16.3. The number of hydrogen-bond acceptors (Lipinski definition) is 6. The molecule has 0 aliphatic rings. The van der Waals surface area contributed by atoms with Crippen molar-refractivity contribution < 1.29 is 14.2 Å². The number of aryl methyl sites for hydroxylation is 1. The second-order valence-electron chi connectivity index (χ2n) is 5.25. The molecule has 0 saturated heterocycles. The van der Waals surface area contributed by atoms with Crippen molar-refractivity contribution in [2.75, 3.05) is 26.6 Å². The molecule has 124 valence electrons. The first-order valence-corrected chi connectivity index (χ1v) is 7.45. The van der Waals surface area contributed by atoms with Crippen molar-refractivity contribution in [3.63, 3.8) is 0 Å². The molecule has 1 heterocycles. The van der Waals surface area contributed by atoms with E-state index in [9.17, 15) is 0 Å². The van der Waals surface area contributed by atoms with E-state index >= 15 is 0 Å². The largest absolute Gasteiger partial charge is 0.493 e. The SMILES string of the molecule is COc1cc2c(Nc3ccc(C)cc3)ncnc2c(OC)c1OC. The maximum Gasteiger partial charge on any atom is 0.205 e. The van der Waals surface area contributed by atoms with Gasteiger partial charge in [0.15, 0.2) is 11.5 Å². The number of hydrogen-bond donors (Lipinski definition) is 1. The Hall–Kier alpha value is -3.02. The molecule has 0 aliphatic carbocycles. The van der Waals surface area contributed by atoms with Crippen LogP contribution in [0.5, 0.6) is 17.2 Å². The number of aromatic nitrogens is 2. The Morgan fingerprint density at radius 2 is 1.58 bits per heavy atom. The Kier molecular flexibility index (Phi) is 4.37. The molecular formula is C18H19N3O3. The number of nitrogens with zero attached hydrogens (tertiary/aromatic N) is 2. The van der Waals surface area contributed by atoms with E-state index in [0.717, 1.165) is 11.1 Å². The second-order valence-corrected chi connectivity index (χ2v) is 5.25. The van der Waals surface area contributed by atoms with Crippen molar-refractivity contribution in [2.45, 2.75) is 6.92 Å². The molecule has 24 heavy (non-hydrogen) atoms. The van der Waals surface area contributed by atoms with Gasteiger partial charge in [0.05, 0.1) is 26.7 Å². The maximum absolute atomic E-state index is 5.49. The first kappa shape index (κ1) is 15.9. The van der Waals surface area contributed by atoms with Gasteiger partial charge < -0.3 is 19.5 Å². The van der Waals surface area contributed by atoms with Crippen LogP contribution in [0.4, 0.5) is 11.5 Å². The van der Waals surface area contributed by atoms with Crippen molar-refractivity contribution in [1.29, 1.82) is 0 Å². The second kappa shape index (κ2) is 6.62. The Labute approximate surface area is 140 Å². The Balaban J connectivity index is 2.17. The molecule has 0 radical (unpaired) electrons. The number of fused-ring (bicyclic) bond motifs is 1. The van der Waals surface area contributed by atoms with Crippen molar-refractivity contribution in [3.8, 4) is 17.2 Å². The molecule has 2 aromatic carbocycles. The van der Waals surface area contributed by atoms with Crippen LogP contribution in [0.25, 0.3) is 10.9 Å². The number of anilines is 2. The van der Waals surface area contributed by atoms with E-state index in [1.54, 1.807) is 21.3 Å². The smallest absolute Gasteiger partial charge is 0.205 e. The van der Waals surface area contributed by atoms with E-state index in [2.05, 4.69) is 15.3 Å². The van der Waals surface area contributed by atoms with Gasteiger partial charge in [-0.25, -0.2) is 9.97 Å². The Bertz CT molecular complexity index is 864. The molecular weight excluding hydrogens is 306 g/mol. The normalized spacial score (nSPS) is 10.5. The molecule has 0 amide bonds. The zero-order valence-electron chi connectivity index (χ0n) is 14.1. The van der Waals surface area contributed by atoms with Crippen LogP contribution in [0.2, 0.25) is 0 Å². The van der Waals surface area contributed by atoms with Crippen molar-refractivity contribution in [1.82, 2.24) is 9.97 Å². The molecule has 3 aromatic rings. The Morgan fingerprint density at radius 3 is 2.21 bits per heavy atom. The summed E-state index contributed by atoms with van der Waals surface area (Å²) in [4.78, 5) is 8.70. The van der Waals surface area contributed by atoms with Gasteiger partial charge in [-0.1, -0.05) is 17.7 Å². The maximum atomic E-state index is 5.49. The molecule has 6 nitrogen and oxygen atoms in total. The van der Waals surface area contributed by atoms with Gasteiger partial charge in [0.1, 0.15) is 17.7 Å². The van der Waals surface area contributed by atoms with Gasteiger partial charge in [-0.05, 0) is 25.1 Å². The van der Waals surface area contributed by atoms with Crippen LogP contribution in [0.15, 0.2) is 36.7 Å². The van der Waals surface area contributed by atoms with Crippen molar-refractivity contribution in [3.05, 3.63) is 42.2 Å². The van der Waals surface area contributed by atoms with Crippen LogP contribution in [0.1, 0.15) is 5.56 Å². The third-order valence-corrected chi connectivity index (χ3v) is 3.75. The fraction of sp³-hybridized carbons (Fsp3) is 0.222. The molecule has 6 heteroatoms. The first-order valence-electron chi connectivity index (χ1n) is 7.45. The lowest BCUT2D eigenvalue weighted by Gasteiger charge is -2.16. The quantitative estimate of drug-likeness (QED) is 0.771. The predicted molar refractivity (Wildman–Crippen MR) is 93.7 cm³/mol. The van der Waals surface area contributed by atoms with Crippen LogP contribution >= 0.6 is 0 Å². The summed E-state index contributed by atoms with van der Waals surface area (Å²) in [6.45, 7) is 2.05. The fourth-order valence-corrected chi connectivity index (χ4v) is 2.54. The summed E-state index contributed by atoms with van der Waals surface area (Å²) in [5.74, 6) is 2.25. The average molecular weight is 325 g/mol. The third kappa shape index (κ3) is 2.78. The monoisotopic (exact) mass is 325 g/mol. The minimum absolute atomic E-state index is 0.507. The zero-order chi connectivity index (χ0) is 17.1. The van der Waals surface area contributed by atoms with Gasteiger partial charge in [-0.15, -0.1) is 0 Å². The molecule has 0 fully saturated rings. The lowest BCUT2D eigenvalue weighted by Crippen LogP contribution is -2.00. The topological polar surface area (TPSA) is 65.5 Å². The highest BCUT2D eigenvalue weighted by molar-refractivity contribution is 5.97. The van der Waals surface area contributed by atoms with Gasteiger partial charge >= 0.3 is 0 Å². The molecule has 0 bridgehead atoms. The summed E-state index contributed by atoms with van der Waals surface area (Å²) in [6, 6.07) is 9.92. The molecule has 0 atom stereocenters. The van der Waals surface area contributed by atoms with Crippen LogP contribution < -0.4 is 19.5 Å². The van der Waals surface area contributed by atoms with E-state index in [-0.39, 0.29) is 0 Å². The summed E-state index contributed by atoms with van der Waals surface area (Å²) in [7, 11) is 4.73. The number of benzene rings is 2. The lowest BCUT2D eigenvalue weighted by molar-refractivity contribution is 0.327. The summed E-state index contributed by atoms with van der Waals surface area (Å²) in [6.07, 6.45) is 1.49. The summed E-state index contributed by atoms with van der Waals surface area (Å²) >= 11 is 0. The highest BCUT2D eigenvalue weighted by Crippen LogP contribution is 2.44. The Morgan fingerprint density at radius 1 is 0.875 bits per heavy atom. The van der Waals surface area contributed by atoms with E-state index in [1.807, 2.05) is 37.3 Å². The minimum atomic E-state index is 0.507. The van der Waals surface area contributed by atoms with E-state index in [1.165, 1.54) is 11.9 Å². The standard InChI is InChI=1S/C18H19N3O3/c1-11-5-7-12(8-6-11)21-18-13-9-14(22-2)16(23-3)17(24-4)15(13)19-10-20-18/h5-10H,1-4H3,(H,19,20,21). The molecule has 1 N–H and O–H groups in total. The van der Waals surface area contributed by atoms with Crippen LogP contribution in [-0.4, -0.2) is 31.3 Å². The van der Waals surface area contributed by atoms with E-state index in [0.29, 0.717) is 28.6 Å². The molecule has 0 aliphatic heterocycles. The molecule has 1 aromatic heterocycles. The average Bonchev–Trinajstić information content (AvgIpc) is 2.62. The van der Waals surface area contributed by atoms with Crippen LogP contribution in [0.3, 0.4) is 0 Å². The van der Waals surface area contributed by atoms with Gasteiger partial charge in [-0.2, -0.15) is 0 Å². The fourth-order valence-electron chi connectivity index (χ4n) is 2.54. The number of rotatable bonds is 5. The highest BCUT2D eigenvalue weighted by atomic mass is 16.5. The number of nitrogens with one attached hydrogen (secondary N) is 1. The molecule has 0 unspecified atom stereocenters. The van der Waals surface area contributed by atoms with Gasteiger partial charge in [-0.3, -0.25) is 0 Å². The molecule has 0 spiro atoms. The van der Waals surface area contributed by atoms with Gasteiger partial charge in [0.25, 0.3) is 0 Å². The van der Waals surface area contributed by atoms with Gasteiger partial charge in [0.2, 0.25) is 5.75 Å². The first-order chi connectivity index (χ1) is 11.7. The van der Waals surface area contributed by atoms with E-state index in [4.69, 9.17) is 14.2 Å². The lowest BCUT2D eigenvalue weighted by atomic mass is 10.1. The summed E-state index contributed by atoms with van der Waals surface area (Å²) in [5, 5.41) is 4.10. The van der Waals surface area contributed by atoms with Crippen LogP contribution in [-0.2, 0) is 0 Å². The minimum Gasteiger partial charge on any atom is -0.493 e. The van der Waals surface area contributed by atoms with Crippen LogP contribution in [0, 0.1) is 6.92 Å². The predicted octanol–water partition coefficient (Wildman–Crippen LogP) is 3.71.